The molecule has 0 atom stereocenters. The van der Waals surface area contributed by atoms with E-state index in [0.717, 1.165) is 64.9 Å². The third-order valence-corrected chi connectivity index (χ3v) is 10.2. The van der Waals surface area contributed by atoms with Gasteiger partial charge in [-0.2, -0.15) is 9.97 Å². The van der Waals surface area contributed by atoms with E-state index in [0.29, 0.717) is 17.7 Å². The minimum atomic E-state index is -2.40. The highest BCUT2D eigenvalue weighted by molar-refractivity contribution is 7.71. The number of fused-ring (bicyclic) bond motifs is 1. The molecule has 0 amide bonds. The second-order valence-electron chi connectivity index (χ2n) is 9.62. The van der Waals surface area contributed by atoms with E-state index in [1.807, 2.05) is 24.4 Å². The Morgan fingerprint density at radius 1 is 1.15 bits per heavy atom. The molecule has 0 bridgehead atoms. The van der Waals surface area contributed by atoms with E-state index in [1.165, 1.54) is 25.7 Å². The SMILES string of the molecule is COc1cc(P2(=O)CCN(C3CC3)CC2)ccc1Nc1nc(NC2CC2)c2c(C)c[nH]c2n1. The summed E-state index contributed by atoms with van der Waals surface area (Å²) in [5.41, 5.74) is 2.69. The van der Waals surface area contributed by atoms with E-state index in [9.17, 15) is 4.57 Å². The van der Waals surface area contributed by atoms with Crippen molar-refractivity contribution in [3.8, 4) is 5.75 Å². The van der Waals surface area contributed by atoms with Gasteiger partial charge in [0.15, 0.2) is 0 Å². The zero-order valence-electron chi connectivity index (χ0n) is 19.2. The lowest BCUT2D eigenvalue weighted by Gasteiger charge is -2.32. The van der Waals surface area contributed by atoms with Crippen LogP contribution < -0.4 is 20.7 Å². The summed E-state index contributed by atoms with van der Waals surface area (Å²) < 4.78 is 19.4. The lowest BCUT2D eigenvalue weighted by molar-refractivity contribution is 0.285. The van der Waals surface area contributed by atoms with E-state index >= 15 is 0 Å². The van der Waals surface area contributed by atoms with Crippen LogP contribution in [0, 0.1) is 6.92 Å². The van der Waals surface area contributed by atoms with Crippen LogP contribution in [0.5, 0.6) is 5.75 Å². The smallest absolute Gasteiger partial charge is 0.231 e. The molecular weight excluding hydrogens is 435 g/mol. The standard InChI is InChI=1S/C24H31N6O2P/c1-15-14-25-22-21(15)23(26-16-3-4-16)29-24(28-22)27-19-8-7-18(13-20(19)32-2)33(31)11-9-30(10-12-33)17-5-6-17/h7-8,13-14,16-17H,3-6,9-12H2,1-2H3,(H3,25,26,27,28,29). The fourth-order valence-corrected chi connectivity index (χ4v) is 7.39. The molecule has 1 aliphatic heterocycles. The van der Waals surface area contributed by atoms with Crippen molar-refractivity contribution in [2.45, 2.75) is 44.7 Å². The van der Waals surface area contributed by atoms with E-state index in [4.69, 9.17) is 9.72 Å². The van der Waals surface area contributed by atoms with Gasteiger partial charge in [-0.05, 0) is 56.4 Å². The van der Waals surface area contributed by atoms with Crippen molar-refractivity contribution in [3.05, 3.63) is 30.0 Å². The summed E-state index contributed by atoms with van der Waals surface area (Å²) in [7, 11) is -0.753. The average Bonchev–Trinajstić information content (AvgIpc) is 3.74. The lowest BCUT2D eigenvalue weighted by Crippen LogP contribution is -2.38. The van der Waals surface area contributed by atoms with Gasteiger partial charge < -0.3 is 24.9 Å². The van der Waals surface area contributed by atoms with Crippen LogP contribution in [0.3, 0.4) is 0 Å². The molecule has 6 rings (SSSR count). The molecule has 1 saturated heterocycles. The van der Waals surface area contributed by atoms with Crippen LogP contribution in [0.15, 0.2) is 24.4 Å². The molecule has 1 aromatic carbocycles. The minimum Gasteiger partial charge on any atom is -0.495 e. The second-order valence-corrected chi connectivity index (χ2v) is 12.8. The summed E-state index contributed by atoms with van der Waals surface area (Å²) >= 11 is 0. The van der Waals surface area contributed by atoms with Gasteiger partial charge in [-0.15, -0.1) is 0 Å². The third-order valence-electron chi connectivity index (χ3n) is 7.11. The first-order valence-corrected chi connectivity index (χ1v) is 14.0. The number of nitrogens with zero attached hydrogens (tertiary/aromatic N) is 3. The molecule has 9 heteroatoms. The summed E-state index contributed by atoms with van der Waals surface area (Å²) in [6.45, 7) is 3.93. The van der Waals surface area contributed by atoms with Gasteiger partial charge in [0.05, 0.1) is 18.2 Å². The minimum absolute atomic E-state index is 0.489. The predicted octanol–water partition coefficient (Wildman–Crippen LogP) is 4.06. The molecule has 3 aromatic rings. The van der Waals surface area contributed by atoms with Gasteiger partial charge in [0.2, 0.25) is 5.95 Å². The van der Waals surface area contributed by atoms with Crippen molar-refractivity contribution in [1.29, 1.82) is 0 Å². The molecule has 3 aliphatic rings. The van der Waals surface area contributed by atoms with E-state index < -0.39 is 7.14 Å². The summed E-state index contributed by atoms with van der Waals surface area (Å²) in [6, 6.07) is 7.10. The number of anilines is 3. The van der Waals surface area contributed by atoms with Crippen LogP contribution in [-0.2, 0) is 4.57 Å². The monoisotopic (exact) mass is 466 g/mol. The Morgan fingerprint density at radius 3 is 2.64 bits per heavy atom. The van der Waals surface area contributed by atoms with Crippen molar-refractivity contribution >= 4 is 40.9 Å². The zero-order chi connectivity index (χ0) is 22.6. The second kappa shape index (κ2) is 8.03. The number of hydrogen-bond acceptors (Lipinski definition) is 7. The number of aromatic amines is 1. The fourth-order valence-electron chi connectivity index (χ4n) is 4.79. The Labute approximate surface area is 193 Å². The first kappa shape index (κ1) is 21.0. The van der Waals surface area contributed by atoms with Crippen LogP contribution >= 0.6 is 7.14 Å². The van der Waals surface area contributed by atoms with Gasteiger partial charge in [0, 0.05) is 49.0 Å². The van der Waals surface area contributed by atoms with Crippen LogP contribution in [0.2, 0.25) is 0 Å². The van der Waals surface area contributed by atoms with Crippen molar-refractivity contribution in [3.63, 3.8) is 0 Å². The molecule has 174 valence electrons. The molecule has 0 spiro atoms. The Bertz CT molecular complexity index is 1240. The van der Waals surface area contributed by atoms with E-state index in [1.54, 1.807) is 7.11 Å². The highest BCUT2D eigenvalue weighted by atomic mass is 31.2. The summed E-state index contributed by atoms with van der Waals surface area (Å²) in [6.07, 6.45) is 8.40. The van der Waals surface area contributed by atoms with Gasteiger partial charge in [0.25, 0.3) is 0 Å². The maximum Gasteiger partial charge on any atom is 0.231 e. The molecule has 3 fully saturated rings. The Balaban J connectivity index is 1.26. The van der Waals surface area contributed by atoms with Crippen molar-refractivity contribution < 1.29 is 9.30 Å². The number of methoxy groups -OCH3 is 1. The molecule has 2 aliphatic carbocycles. The Hall–Kier alpha value is -2.57. The van der Waals surface area contributed by atoms with Crippen LogP contribution in [0.25, 0.3) is 11.0 Å². The van der Waals surface area contributed by atoms with Gasteiger partial charge in [-0.3, -0.25) is 4.90 Å². The van der Waals surface area contributed by atoms with Crippen LogP contribution in [0.1, 0.15) is 31.2 Å². The highest BCUT2D eigenvalue weighted by Gasteiger charge is 2.37. The number of aryl methyl sites for hydroxylation is 1. The maximum atomic E-state index is 13.7. The van der Waals surface area contributed by atoms with Crippen molar-refractivity contribution in [1.82, 2.24) is 19.9 Å². The van der Waals surface area contributed by atoms with E-state index in [2.05, 4.69) is 32.4 Å². The summed E-state index contributed by atoms with van der Waals surface area (Å²) in [5, 5.41) is 8.80. The predicted molar refractivity (Wildman–Crippen MR) is 133 cm³/mol. The summed E-state index contributed by atoms with van der Waals surface area (Å²) in [4.78, 5) is 15.2. The quantitative estimate of drug-likeness (QED) is 0.452. The highest BCUT2D eigenvalue weighted by Crippen LogP contribution is 2.49. The molecule has 3 heterocycles. The molecule has 2 saturated carbocycles. The normalized spacial score (nSPS) is 20.7. The number of H-pyrrole nitrogens is 1. The number of nitrogens with one attached hydrogen (secondary N) is 3. The van der Waals surface area contributed by atoms with Gasteiger partial charge in [0.1, 0.15) is 24.4 Å². The number of hydrogen-bond donors (Lipinski definition) is 3. The molecular formula is C24H31N6O2P. The first-order chi connectivity index (χ1) is 16.0. The molecule has 3 N–H and O–H groups in total. The van der Waals surface area contributed by atoms with Crippen LogP contribution in [0.4, 0.5) is 17.5 Å². The molecule has 2 aromatic heterocycles. The van der Waals surface area contributed by atoms with Gasteiger partial charge >= 0.3 is 0 Å². The molecule has 8 nitrogen and oxygen atoms in total. The first-order valence-electron chi connectivity index (χ1n) is 11.9. The van der Waals surface area contributed by atoms with Gasteiger partial charge in [-0.1, -0.05) is 0 Å². The average molecular weight is 467 g/mol. The number of ether oxygens (including phenoxy) is 1. The Morgan fingerprint density at radius 2 is 1.94 bits per heavy atom. The lowest BCUT2D eigenvalue weighted by atomic mass is 10.2. The van der Waals surface area contributed by atoms with E-state index in [-0.39, 0.29) is 0 Å². The fraction of sp³-hybridized carbons (Fsp3) is 0.500. The van der Waals surface area contributed by atoms with Crippen molar-refractivity contribution in [2.75, 3.05) is 43.2 Å². The maximum absolute atomic E-state index is 13.7. The molecule has 0 unspecified atom stereocenters. The molecule has 0 radical (unpaired) electrons. The summed E-state index contributed by atoms with van der Waals surface area (Å²) in [5.74, 6) is 2.02. The van der Waals surface area contributed by atoms with Crippen LogP contribution in [-0.4, -0.2) is 64.5 Å². The van der Waals surface area contributed by atoms with Crippen molar-refractivity contribution in [2.24, 2.45) is 0 Å². The number of aromatic nitrogens is 3. The zero-order valence-corrected chi connectivity index (χ0v) is 20.1. The van der Waals surface area contributed by atoms with Gasteiger partial charge in [-0.25, -0.2) is 0 Å². The Kier molecular flexibility index (Phi) is 5.11. The third kappa shape index (κ3) is 4.11. The largest absolute Gasteiger partial charge is 0.495 e. The number of benzene rings is 1. The number of rotatable bonds is 7. The molecule has 33 heavy (non-hydrogen) atoms. The topological polar surface area (TPSA) is 95.2 Å².